The molecule has 1 saturated heterocycles. The second kappa shape index (κ2) is 7.65. The van der Waals surface area contributed by atoms with Gasteiger partial charge in [-0.1, -0.05) is 5.16 Å². The van der Waals surface area contributed by atoms with Crippen LogP contribution in [-0.2, 0) is 6.42 Å². The lowest BCUT2D eigenvalue weighted by Crippen LogP contribution is -2.51. The van der Waals surface area contributed by atoms with Gasteiger partial charge in [-0.25, -0.2) is 4.98 Å². The van der Waals surface area contributed by atoms with Crippen molar-refractivity contribution in [1.29, 1.82) is 0 Å². The molecule has 0 unspecified atom stereocenters. The molecule has 7 nitrogen and oxygen atoms in total. The highest BCUT2D eigenvalue weighted by molar-refractivity contribution is 7.13. The van der Waals surface area contributed by atoms with Crippen molar-refractivity contribution in [3.63, 3.8) is 0 Å². The van der Waals surface area contributed by atoms with Crippen LogP contribution in [0.15, 0.2) is 21.1 Å². The first-order chi connectivity index (χ1) is 11.6. The lowest BCUT2D eigenvalue weighted by molar-refractivity contribution is 0.380. The zero-order valence-electron chi connectivity index (χ0n) is 14.2. The monoisotopic (exact) mass is 348 g/mol. The number of thiazole rings is 1. The molecule has 0 aromatic carbocycles. The predicted molar refractivity (Wildman–Crippen MR) is 96.7 cm³/mol. The van der Waals surface area contributed by atoms with E-state index in [9.17, 15) is 0 Å². The maximum atomic E-state index is 6.15. The average Bonchev–Trinajstić information content (AvgIpc) is 3.23. The normalized spacial score (nSPS) is 16.0. The van der Waals surface area contributed by atoms with Gasteiger partial charge in [-0.3, -0.25) is 4.99 Å². The SMILES string of the molecule is Cc1noc(C)c1CCCN=C(N)N1CCN(c2nccs2)CC1. The quantitative estimate of drug-likeness (QED) is 0.504. The summed E-state index contributed by atoms with van der Waals surface area (Å²) in [5.41, 5.74) is 8.32. The Morgan fingerprint density at radius 1 is 1.33 bits per heavy atom. The summed E-state index contributed by atoms with van der Waals surface area (Å²) >= 11 is 1.68. The maximum absolute atomic E-state index is 6.15. The lowest BCUT2D eigenvalue weighted by Gasteiger charge is -2.35. The molecule has 1 aliphatic heterocycles. The van der Waals surface area contributed by atoms with E-state index in [4.69, 9.17) is 10.3 Å². The number of hydrogen-bond acceptors (Lipinski definition) is 6. The summed E-state index contributed by atoms with van der Waals surface area (Å²) < 4.78 is 5.18. The highest BCUT2D eigenvalue weighted by atomic mass is 32.1. The molecule has 0 radical (unpaired) electrons. The van der Waals surface area contributed by atoms with Crippen LogP contribution in [0.1, 0.15) is 23.4 Å². The summed E-state index contributed by atoms with van der Waals surface area (Å²) in [6, 6.07) is 0. The smallest absolute Gasteiger partial charge is 0.191 e. The van der Waals surface area contributed by atoms with Crippen LogP contribution in [0.25, 0.3) is 0 Å². The summed E-state index contributed by atoms with van der Waals surface area (Å²) in [4.78, 5) is 13.3. The van der Waals surface area contributed by atoms with Gasteiger partial charge in [0.2, 0.25) is 0 Å². The fraction of sp³-hybridized carbons (Fsp3) is 0.562. The number of nitrogens with zero attached hydrogens (tertiary/aromatic N) is 5. The fourth-order valence-electron chi connectivity index (χ4n) is 2.91. The molecule has 1 aliphatic rings. The molecule has 0 bridgehead atoms. The topological polar surface area (TPSA) is 83.8 Å². The van der Waals surface area contributed by atoms with Gasteiger partial charge in [0.05, 0.1) is 5.69 Å². The first-order valence-electron chi connectivity index (χ1n) is 8.26. The largest absolute Gasteiger partial charge is 0.370 e. The third-order valence-electron chi connectivity index (χ3n) is 4.33. The van der Waals surface area contributed by atoms with Crippen molar-refractivity contribution < 1.29 is 4.52 Å². The van der Waals surface area contributed by atoms with Crippen LogP contribution in [0.3, 0.4) is 0 Å². The van der Waals surface area contributed by atoms with Gasteiger partial charge in [-0.15, -0.1) is 11.3 Å². The first kappa shape index (κ1) is 16.8. The van der Waals surface area contributed by atoms with Crippen molar-refractivity contribution in [2.45, 2.75) is 26.7 Å². The van der Waals surface area contributed by atoms with E-state index < -0.39 is 0 Å². The first-order valence-corrected chi connectivity index (χ1v) is 9.14. The van der Waals surface area contributed by atoms with Crippen LogP contribution in [-0.4, -0.2) is 53.7 Å². The summed E-state index contributed by atoms with van der Waals surface area (Å²) in [6.07, 6.45) is 3.72. The Kier molecular flexibility index (Phi) is 5.34. The maximum Gasteiger partial charge on any atom is 0.191 e. The number of piperazine rings is 1. The molecule has 0 atom stereocenters. The summed E-state index contributed by atoms with van der Waals surface area (Å²) in [7, 11) is 0. The van der Waals surface area contributed by atoms with E-state index in [0.717, 1.165) is 62.2 Å². The van der Waals surface area contributed by atoms with Crippen LogP contribution in [0.4, 0.5) is 5.13 Å². The number of nitrogens with two attached hydrogens (primary N) is 1. The Bertz CT molecular complexity index is 653. The molecule has 3 heterocycles. The van der Waals surface area contributed by atoms with E-state index in [1.807, 2.05) is 25.4 Å². The Morgan fingerprint density at radius 3 is 2.75 bits per heavy atom. The fourth-order valence-corrected chi connectivity index (χ4v) is 3.60. The van der Waals surface area contributed by atoms with Crippen molar-refractivity contribution >= 4 is 22.4 Å². The molecule has 3 rings (SSSR count). The molecule has 24 heavy (non-hydrogen) atoms. The van der Waals surface area contributed by atoms with Gasteiger partial charge in [0.15, 0.2) is 11.1 Å². The minimum Gasteiger partial charge on any atom is -0.370 e. The molecular weight excluding hydrogens is 324 g/mol. The van der Waals surface area contributed by atoms with Crippen molar-refractivity contribution in [3.05, 3.63) is 28.6 Å². The zero-order valence-corrected chi connectivity index (χ0v) is 15.1. The third-order valence-corrected chi connectivity index (χ3v) is 5.17. The van der Waals surface area contributed by atoms with Crippen molar-refractivity contribution in [2.75, 3.05) is 37.6 Å². The van der Waals surface area contributed by atoms with Crippen LogP contribution < -0.4 is 10.6 Å². The van der Waals surface area contributed by atoms with Gasteiger partial charge >= 0.3 is 0 Å². The molecule has 8 heteroatoms. The van der Waals surface area contributed by atoms with Gasteiger partial charge in [0, 0.05) is 49.9 Å². The molecule has 0 saturated carbocycles. The molecule has 2 N–H and O–H groups in total. The standard InChI is InChI=1S/C16H24N6OS/c1-12-14(13(2)23-20-12)4-3-5-18-15(17)21-7-9-22(10-8-21)16-19-6-11-24-16/h6,11H,3-5,7-10H2,1-2H3,(H2,17,18). The van der Waals surface area contributed by atoms with E-state index in [-0.39, 0.29) is 0 Å². The van der Waals surface area contributed by atoms with E-state index in [1.54, 1.807) is 11.3 Å². The number of aryl methyl sites for hydroxylation is 2. The van der Waals surface area contributed by atoms with Gasteiger partial charge in [-0.05, 0) is 26.7 Å². The second-order valence-corrected chi connectivity index (χ2v) is 6.81. The highest BCUT2D eigenvalue weighted by Gasteiger charge is 2.19. The summed E-state index contributed by atoms with van der Waals surface area (Å²) in [5.74, 6) is 1.55. The third kappa shape index (κ3) is 3.87. The lowest BCUT2D eigenvalue weighted by atomic mass is 10.1. The van der Waals surface area contributed by atoms with Crippen LogP contribution in [0, 0.1) is 13.8 Å². The van der Waals surface area contributed by atoms with Crippen LogP contribution >= 0.6 is 11.3 Å². The number of anilines is 1. The number of guanidine groups is 1. The van der Waals surface area contributed by atoms with Crippen LogP contribution in [0.2, 0.25) is 0 Å². The average molecular weight is 348 g/mol. The predicted octanol–water partition coefficient (Wildman–Crippen LogP) is 1.82. The molecular formula is C16H24N6OS. The van der Waals surface area contributed by atoms with Gasteiger partial charge in [0.1, 0.15) is 5.76 Å². The van der Waals surface area contributed by atoms with E-state index >= 15 is 0 Å². The van der Waals surface area contributed by atoms with E-state index in [1.165, 1.54) is 5.56 Å². The molecule has 2 aromatic heterocycles. The molecule has 2 aromatic rings. The molecule has 130 valence electrons. The summed E-state index contributed by atoms with van der Waals surface area (Å²) in [6.45, 7) is 8.30. The Balaban J connectivity index is 1.43. The minimum atomic E-state index is 0.646. The van der Waals surface area contributed by atoms with Gasteiger partial charge in [0.25, 0.3) is 0 Å². The molecule has 0 spiro atoms. The Morgan fingerprint density at radius 2 is 2.12 bits per heavy atom. The summed E-state index contributed by atoms with van der Waals surface area (Å²) in [5, 5.41) is 7.08. The molecule has 1 fully saturated rings. The Hall–Kier alpha value is -2.09. The zero-order chi connectivity index (χ0) is 16.9. The van der Waals surface area contributed by atoms with Gasteiger partial charge in [-0.2, -0.15) is 0 Å². The van der Waals surface area contributed by atoms with E-state index in [0.29, 0.717) is 5.96 Å². The highest BCUT2D eigenvalue weighted by Crippen LogP contribution is 2.19. The molecule has 0 aliphatic carbocycles. The van der Waals surface area contributed by atoms with Gasteiger partial charge < -0.3 is 20.1 Å². The number of aliphatic imine (C=N–C) groups is 1. The van der Waals surface area contributed by atoms with E-state index in [2.05, 4.69) is 24.9 Å². The van der Waals surface area contributed by atoms with Crippen molar-refractivity contribution in [3.8, 4) is 0 Å². The second-order valence-electron chi connectivity index (χ2n) is 5.93. The van der Waals surface area contributed by atoms with Crippen molar-refractivity contribution in [2.24, 2.45) is 10.7 Å². The van der Waals surface area contributed by atoms with Crippen LogP contribution in [0.5, 0.6) is 0 Å². The Labute approximate surface area is 146 Å². The number of hydrogen-bond donors (Lipinski definition) is 1. The number of rotatable bonds is 5. The minimum absolute atomic E-state index is 0.646. The molecule has 0 amide bonds. The van der Waals surface area contributed by atoms with Crippen molar-refractivity contribution in [1.82, 2.24) is 15.0 Å². The number of aromatic nitrogens is 2.